The number of morpholine rings is 1. The van der Waals surface area contributed by atoms with Crippen molar-refractivity contribution in [1.29, 1.82) is 0 Å². The van der Waals surface area contributed by atoms with Gasteiger partial charge in [-0.25, -0.2) is 15.0 Å². The zero-order chi connectivity index (χ0) is 23.3. The van der Waals surface area contributed by atoms with Gasteiger partial charge in [0.25, 0.3) is 0 Å². The smallest absolute Gasteiger partial charge is 0.225 e. The summed E-state index contributed by atoms with van der Waals surface area (Å²) >= 11 is 0. The number of nitrogens with zero attached hydrogens (tertiary/aromatic N) is 6. The van der Waals surface area contributed by atoms with Gasteiger partial charge in [-0.3, -0.25) is 4.90 Å². The molecule has 0 spiro atoms. The van der Waals surface area contributed by atoms with Gasteiger partial charge >= 0.3 is 0 Å². The first-order valence-corrected chi connectivity index (χ1v) is 11.7. The third kappa shape index (κ3) is 5.43. The van der Waals surface area contributed by atoms with Crippen LogP contribution < -0.4 is 14.4 Å². The lowest BCUT2D eigenvalue weighted by Gasteiger charge is -2.27. The largest absolute Gasteiger partial charge is 0.497 e. The summed E-state index contributed by atoms with van der Waals surface area (Å²) in [7, 11) is 1.65. The molecule has 0 radical (unpaired) electrons. The number of likely N-dealkylation sites (tertiary alicyclic amines) is 1. The fourth-order valence-corrected chi connectivity index (χ4v) is 4.37. The maximum Gasteiger partial charge on any atom is 0.225 e. The molecule has 1 atom stereocenters. The minimum atomic E-state index is 0.263. The zero-order valence-corrected chi connectivity index (χ0v) is 19.7. The predicted octanol–water partition coefficient (Wildman–Crippen LogP) is 3.20. The summed E-state index contributed by atoms with van der Waals surface area (Å²) in [6.45, 7) is 7.76. The summed E-state index contributed by atoms with van der Waals surface area (Å²) in [5.41, 5.74) is 1.93. The van der Waals surface area contributed by atoms with Crippen LogP contribution in [0.5, 0.6) is 17.4 Å². The van der Waals surface area contributed by atoms with E-state index in [1.54, 1.807) is 7.11 Å². The third-order valence-corrected chi connectivity index (χ3v) is 6.15. The lowest BCUT2D eigenvalue weighted by molar-refractivity contribution is 0.122. The Labute approximate surface area is 199 Å². The van der Waals surface area contributed by atoms with Gasteiger partial charge in [0.05, 0.1) is 26.0 Å². The Morgan fingerprint density at radius 3 is 2.59 bits per heavy atom. The molecule has 5 rings (SSSR count). The number of ether oxygens (including phenoxy) is 3. The summed E-state index contributed by atoms with van der Waals surface area (Å²) in [6, 6.07) is 11.4. The molecule has 2 aliphatic heterocycles. The van der Waals surface area contributed by atoms with Crippen molar-refractivity contribution >= 4 is 5.95 Å². The molecule has 0 aliphatic carbocycles. The van der Waals surface area contributed by atoms with Gasteiger partial charge < -0.3 is 19.1 Å². The van der Waals surface area contributed by atoms with E-state index in [1.165, 1.54) is 0 Å². The van der Waals surface area contributed by atoms with Crippen molar-refractivity contribution in [3.05, 3.63) is 59.8 Å². The monoisotopic (exact) mass is 462 g/mol. The van der Waals surface area contributed by atoms with Gasteiger partial charge in [-0.05, 0) is 50.2 Å². The van der Waals surface area contributed by atoms with Crippen LogP contribution in [0.1, 0.15) is 29.6 Å². The van der Waals surface area contributed by atoms with Crippen molar-refractivity contribution in [3.8, 4) is 17.4 Å². The van der Waals surface area contributed by atoms with Crippen LogP contribution in [0.3, 0.4) is 0 Å². The van der Waals surface area contributed by atoms with E-state index in [-0.39, 0.29) is 5.92 Å². The standard InChI is InChI=1S/C25H30N6O3/c1-18-15-23(34-22-5-3-21(32-2)4-6-22)29-24(27-18)19-8-10-30(16-19)17-20-7-9-26-25(28-20)31-11-13-33-14-12-31/h3-7,9,15,19H,8,10-14,16-17H2,1-2H3. The molecule has 9 nitrogen and oxygen atoms in total. The van der Waals surface area contributed by atoms with E-state index in [1.807, 2.05) is 49.5 Å². The molecule has 9 heteroatoms. The van der Waals surface area contributed by atoms with Crippen molar-refractivity contribution in [2.45, 2.75) is 25.8 Å². The number of aromatic nitrogens is 4. The number of methoxy groups -OCH3 is 1. The van der Waals surface area contributed by atoms with Gasteiger partial charge in [-0.15, -0.1) is 0 Å². The van der Waals surface area contributed by atoms with Crippen LogP contribution in [0.2, 0.25) is 0 Å². The van der Waals surface area contributed by atoms with Gasteiger partial charge in [0, 0.05) is 50.1 Å². The Hall–Kier alpha value is -3.30. The van der Waals surface area contributed by atoms with E-state index >= 15 is 0 Å². The molecule has 2 fully saturated rings. The summed E-state index contributed by atoms with van der Waals surface area (Å²) in [6.07, 6.45) is 2.86. The van der Waals surface area contributed by atoms with Crippen molar-refractivity contribution < 1.29 is 14.2 Å². The molecule has 0 bridgehead atoms. The second-order valence-corrected chi connectivity index (χ2v) is 8.65. The SMILES string of the molecule is COc1ccc(Oc2cc(C)nc(C3CCN(Cc4ccnc(N5CCOCC5)n4)C3)n2)cc1. The van der Waals surface area contributed by atoms with Crippen molar-refractivity contribution in [2.24, 2.45) is 0 Å². The van der Waals surface area contributed by atoms with Crippen molar-refractivity contribution in [2.75, 3.05) is 51.4 Å². The number of aryl methyl sites for hydroxylation is 1. The molecular weight excluding hydrogens is 432 g/mol. The van der Waals surface area contributed by atoms with E-state index in [9.17, 15) is 0 Å². The Morgan fingerprint density at radius 2 is 1.79 bits per heavy atom. The first-order chi connectivity index (χ1) is 16.7. The molecule has 4 heterocycles. The van der Waals surface area contributed by atoms with Crippen LogP contribution >= 0.6 is 0 Å². The van der Waals surface area contributed by atoms with Gasteiger partial charge in [-0.1, -0.05) is 0 Å². The van der Waals surface area contributed by atoms with Gasteiger partial charge in [0.15, 0.2) is 0 Å². The van der Waals surface area contributed by atoms with Gasteiger partial charge in [0.1, 0.15) is 17.3 Å². The average molecular weight is 463 g/mol. The van der Waals surface area contributed by atoms with Gasteiger partial charge in [-0.2, -0.15) is 4.98 Å². The van der Waals surface area contributed by atoms with E-state index in [2.05, 4.69) is 14.8 Å². The molecule has 0 N–H and O–H groups in total. The number of benzene rings is 1. The summed E-state index contributed by atoms with van der Waals surface area (Å²) < 4.78 is 16.7. The molecule has 2 saturated heterocycles. The number of rotatable bonds is 7. The maximum absolute atomic E-state index is 6.00. The molecule has 2 aromatic heterocycles. The van der Waals surface area contributed by atoms with Crippen LogP contribution in [0.25, 0.3) is 0 Å². The molecule has 34 heavy (non-hydrogen) atoms. The highest BCUT2D eigenvalue weighted by Gasteiger charge is 2.27. The molecule has 1 aromatic carbocycles. The second kappa shape index (κ2) is 10.3. The average Bonchev–Trinajstić information content (AvgIpc) is 3.33. The maximum atomic E-state index is 6.00. The van der Waals surface area contributed by atoms with Crippen LogP contribution in [-0.4, -0.2) is 71.3 Å². The topological polar surface area (TPSA) is 85.7 Å². The predicted molar refractivity (Wildman–Crippen MR) is 128 cm³/mol. The van der Waals surface area contributed by atoms with Crippen molar-refractivity contribution in [3.63, 3.8) is 0 Å². The molecular formula is C25H30N6O3. The van der Waals surface area contributed by atoms with Crippen LogP contribution in [0.15, 0.2) is 42.6 Å². The summed E-state index contributed by atoms with van der Waals surface area (Å²) in [5.74, 6) is 3.97. The molecule has 2 aliphatic rings. The molecule has 0 saturated carbocycles. The number of anilines is 1. The Balaban J connectivity index is 1.23. The lowest BCUT2D eigenvalue weighted by Crippen LogP contribution is -2.37. The molecule has 178 valence electrons. The zero-order valence-electron chi connectivity index (χ0n) is 19.7. The summed E-state index contributed by atoms with van der Waals surface area (Å²) in [5, 5.41) is 0. The highest BCUT2D eigenvalue weighted by Crippen LogP contribution is 2.29. The fraction of sp³-hybridized carbons (Fsp3) is 0.440. The summed E-state index contributed by atoms with van der Waals surface area (Å²) in [4.78, 5) is 23.3. The van der Waals surface area contributed by atoms with E-state index in [0.717, 1.165) is 87.0 Å². The van der Waals surface area contributed by atoms with Crippen LogP contribution in [0, 0.1) is 6.92 Å². The van der Waals surface area contributed by atoms with Crippen LogP contribution in [0.4, 0.5) is 5.95 Å². The van der Waals surface area contributed by atoms with Crippen LogP contribution in [-0.2, 0) is 11.3 Å². The lowest BCUT2D eigenvalue weighted by atomic mass is 10.1. The normalized spacial score (nSPS) is 18.8. The number of hydrogen-bond acceptors (Lipinski definition) is 9. The third-order valence-electron chi connectivity index (χ3n) is 6.15. The minimum Gasteiger partial charge on any atom is -0.497 e. The Kier molecular flexibility index (Phi) is 6.82. The molecule has 0 amide bonds. The van der Waals surface area contributed by atoms with E-state index < -0.39 is 0 Å². The minimum absolute atomic E-state index is 0.263. The molecule has 1 unspecified atom stereocenters. The highest BCUT2D eigenvalue weighted by atomic mass is 16.5. The Bertz CT molecular complexity index is 1100. The quantitative estimate of drug-likeness (QED) is 0.525. The number of hydrogen-bond donors (Lipinski definition) is 0. The van der Waals surface area contributed by atoms with E-state index in [0.29, 0.717) is 5.88 Å². The fourth-order valence-electron chi connectivity index (χ4n) is 4.37. The van der Waals surface area contributed by atoms with Gasteiger partial charge in [0.2, 0.25) is 11.8 Å². The molecule has 3 aromatic rings. The first-order valence-electron chi connectivity index (χ1n) is 11.7. The van der Waals surface area contributed by atoms with E-state index in [4.69, 9.17) is 29.2 Å². The van der Waals surface area contributed by atoms with Crippen molar-refractivity contribution in [1.82, 2.24) is 24.8 Å². The highest BCUT2D eigenvalue weighted by molar-refractivity contribution is 5.34. The Morgan fingerprint density at radius 1 is 1.00 bits per heavy atom. The second-order valence-electron chi connectivity index (χ2n) is 8.65. The first kappa shape index (κ1) is 22.5.